The zero-order valence-corrected chi connectivity index (χ0v) is 10.9. The van der Waals surface area contributed by atoms with Crippen LogP contribution in [0.2, 0.25) is 0 Å². The molecule has 18 heavy (non-hydrogen) atoms. The lowest BCUT2D eigenvalue weighted by atomic mass is 10.3. The van der Waals surface area contributed by atoms with Gasteiger partial charge in [0.2, 0.25) is 0 Å². The first-order chi connectivity index (χ1) is 8.74. The van der Waals surface area contributed by atoms with Crippen molar-refractivity contribution in [1.82, 2.24) is 9.97 Å². The van der Waals surface area contributed by atoms with Gasteiger partial charge in [-0.2, -0.15) is 0 Å². The Morgan fingerprint density at radius 3 is 2.94 bits per heavy atom. The molecule has 0 saturated carbocycles. The second-order valence-corrected chi connectivity index (χ2v) is 5.28. The Morgan fingerprint density at radius 2 is 2.22 bits per heavy atom. The summed E-state index contributed by atoms with van der Waals surface area (Å²) in [7, 11) is 0. The van der Waals surface area contributed by atoms with Crippen molar-refractivity contribution in [3.8, 4) is 0 Å². The van der Waals surface area contributed by atoms with Gasteiger partial charge in [-0.3, -0.25) is 0 Å². The molecule has 0 radical (unpaired) electrons. The fraction of sp³-hybridized carbons (Fsp3) is 0.0833. The Bertz CT molecular complexity index is 552. The van der Waals surface area contributed by atoms with Crippen molar-refractivity contribution < 1.29 is 9.90 Å². The molecule has 0 spiro atoms. The van der Waals surface area contributed by atoms with Crippen molar-refractivity contribution in [3.63, 3.8) is 0 Å². The lowest BCUT2D eigenvalue weighted by molar-refractivity contribution is -0.131. The summed E-state index contributed by atoms with van der Waals surface area (Å²) in [6.07, 6.45) is 6.15. The highest BCUT2D eigenvalue weighted by molar-refractivity contribution is 7.98. The van der Waals surface area contributed by atoms with Crippen LogP contribution >= 0.6 is 23.1 Å². The molecule has 0 unspecified atom stereocenters. The molecule has 92 valence electrons. The topological polar surface area (TPSA) is 63.1 Å². The van der Waals surface area contributed by atoms with E-state index in [4.69, 9.17) is 5.11 Å². The first kappa shape index (κ1) is 12.8. The van der Waals surface area contributed by atoms with Gasteiger partial charge in [0.15, 0.2) is 5.16 Å². The summed E-state index contributed by atoms with van der Waals surface area (Å²) in [4.78, 5) is 19.8. The summed E-state index contributed by atoms with van der Waals surface area (Å²) in [6.45, 7) is 0. The van der Waals surface area contributed by atoms with Crippen molar-refractivity contribution >= 4 is 35.1 Å². The maximum absolute atomic E-state index is 10.4. The fourth-order valence-electron chi connectivity index (χ4n) is 1.22. The highest BCUT2D eigenvalue weighted by Gasteiger charge is 2.01. The van der Waals surface area contributed by atoms with E-state index < -0.39 is 5.97 Å². The number of hydrogen-bond acceptors (Lipinski definition) is 5. The summed E-state index contributed by atoms with van der Waals surface area (Å²) in [5.41, 5.74) is 0.909. The SMILES string of the molecule is O=C(O)C=Cc1csc(CSc2ncccn2)c1. The molecule has 2 aromatic heterocycles. The molecular weight excluding hydrogens is 268 g/mol. The van der Waals surface area contributed by atoms with Crippen LogP contribution < -0.4 is 0 Å². The Morgan fingerprint density at radius 1 is 1.44 bits per heavy atom. The van der Waals surface area contributed by atoms with Crippen LogP contribution in [0, 0.1) is 0 Å². The van der Waals surface area contributed by atoms with Crippen LogP contribution in [0.5, 0.6) is 0 Å². The van der Waals surface area contributed by atoms with Gasteiger partial charge in [0.1, 0.15) is 0 Å². The van der Waals surface area contributed by atoms with E-state index >= 15 is 0 Å². The van der Waals surface area contributed by atoms with E-state index in [1.807, 2.05) is 11.4 Å². The molecule has 0 amide bonds. The molecule has 0 saturated heterocycles. The number of carboxylic acids is 1. The molecule has 0 fully saturated rings. The largest absolute Gasteiger partial charge is 0.478 e. The normalized spacial score (nSPS) is 10.9. The summed E-state index contributed by atoms with van der Waals surface area (Å²) >= 11 is 3.16. The molecule has 1 N–H and O–H groups in total. The molecule has 0 atom stereocenters. The van der Waals surface area contributed by atoms with E-state index in [9.17, 15) is 4.79 Å². The Hall–Kier alpha value is -1.66. The first-order valence-corrected chi connectivity index (χ1v) is 6.99. The van der Waals surface area contributed by atoms with E-state index in [1.165, 1.54) is 0 Å². The molecule has 2 rings (SSSR count). The van der Waals surface area contributed by atoms with Gasteiger partial charge in [0.25, 0.3) is 0 Å². The third kappa shape index (κ3) is 3.97. The number of rotatable bonds is 5. The molecule has 0 aliphatic carbocycles. The van der Waals surface area contributed by atoms with Crippen molar-refractivity contribution in [1.29, 1.82) is 0 Å². The predicted molar refractivity (Wildman–Crippen MR) is 72.6 cm³/mol. The van der Waals surface area contributed by atoms with E-state index in [0.717, 1.165) is 27.4 Å². The smallest absolute Gasteiger partial charge is 0.328 e. The number of thioether (sulfide) groups is 1. The molecule has 0 aliphatic heterocycles. The van der Waals surface area contributed by atoms with Crippen molar-refractivity contribution in [2.75, 3.05) is 0 Å². The molecule has 4 nitrogen and oxygen atoms in total. The predicted octanol–water partition coefficient (Wildman–Crippen LogP) is 2.93. The molecule has 0 bridgehead atoms. The van der Waals surface area contributed by atoms with Gasteiger partial charge in [-0.05, 0) is 29.2 Å². The van der Waals surface area contributed by atoms with Gasteiger partial charge in [0.05, 0.1) is 0 Å². The summed E-state index contributed by atoms with van der Waals surface area (Å²) < 4.78 is 0. The average molecular weight is 278 g/mol. The van der Waals surface area contributed by atoms with Gasteiger partial charge < -0.3 is 5.11 Å². The number of thiophene rings is 1. The van der Waals surface area contributed by atoms with Crippen LogP contribution in [0.3, 0.4) is 0 Å². The number of hydrogen-bond donors (Lipinski definition) is 1. The average Bonchev–Trinajstić information content (AvgIpc) is 2.83. The summed E-state index contributed by atoms with van der Waals surface area (Å²) in [5.74, 6) is -0.148. The summed E-state index contributed by atoms with van der Waals surface area (Å²) in [5, 5.41) is 11.2. The van der Waals surface area contributed by atoms with Crippen molar-refractivity contribution in [2.24, 2.45) is 0 Å². The molecular formula is C12H10N2O2S2. The maximum atomic E-state index is 10.4. The van der Waals surface area contributed by atoms with E-state index in [2.05, 4.69) is 9.97 Å². The molecule has 6 heteroatoms. The second kappa shape index (κ2) is 6.32. The van der Waals surface area contributed by atoms with E-state index in [-0.39, 0.29) is 0 Å². The zero-order valence-electron chi connectivity index (χ0n) is 9.31. The number of carboxylic acid groups (broad SMARTS) is 1. The lowest BCUT2D eigenvalue weighted by Crippen LogP contribution is -1.85. The Labute approximate surface area is 112 Å². The summed E-state index contributed by atoms with van der Waals surface area (Å²) in [6, 6.07) is 3.75. The Balaban J connectivity index is 1.93. The van der Waals surface area contributed by atoms with Crippen molar-refractivity contribution in [2.45, 2.75) is 10.9 Å². The monoisotopic (exact) mass is 278 g/mol. The van der Waals surface area contributed by atoms with Crippen LogP contribution in [0.4, 0.5) is 0 Å². The van der Waals surface area contributed by atoms with Crippen LogP contribution in [0.1, 0.15) is 10.4 Å². The second-order valence-electron chi connectivity index (χ2n) is 3.34. The number of nitrogens with zero attached hydrogens (tertiary/aromatic N) is 2. The Kier molecular flexibility index (Phi) is 4.49. The van der Waals surface area contributed by atoms with E-state index in [1.54, 1.807) is 47.6 Å². The van der Waals surface area contributed by atoms with Gasteiger partial charge >= 0.3 is 5.97 Å². The van der Waals surface area contributed by atoms with E-state index in [0.29, 0.717) is 0 Å². The minimum absolute atomic E-state index is 0.744. The number of aliphatic carboxylic acids is 1. The van der Waals surface area contributed by atoms with Crippen LogP contribution in [0.15, 0.2) is 41.1 Å². The standard InChI is InChI=1S/C12H10N2O2S2/c15-11(16)3-2-9-6-10(17-7-9)8-18-12-13-4-1-5-14-12/h1-7H,8H2,(H,15,16). The fourth-order valence-corrected chi connectivity index (χ4v) is 2.94. The number of carbonyl (C=O) groups is 1. The highest BCUT2D eigenvalue weighted by atomic mass is 32.2. The van der Waals surface area contributed by atoms with Crippen LogP contribution in [0.25, 0.3) is 6.08 Å². The van der Waals surface area contributed by atoms with Gasteiger partial charge in [-0.15, -0.1) is 11.3 Å². The third-order valence-corrected chi connectivity index (χ3v) is 4.04. The number of aromatic nitrogens is 2. The highest BCUT2D eigenvalue weighted by Crippen LogP contribution is 2.24. The van der Waals surface area contributed by atoms with Crippen LogP contribution in [-0.4, -0.2) is 21.0 Å². The minimum Gasteiger partial charge on any atom is -0.478 e. The molecule has 2 aromatic rings. The maximum Gasteiger partial charge on any atom is 0.328 e. The van der Waals surface area contributed by atoms with Gasteiger partial charge in [-0.1, -0.05) is 11.8 Å². The van der Waals surface area contributed by atoms with Crippen molar-refractivity contribution in [3.05, 3.63) is 46.4 Å². The quantitative estimate of drug-likeness (QED) is 0.517. The van der Waals surface area contributed by atoms with Gasteiger partial charge in [0, 0.05) is 29.1 Å². The minimum atomic E-state index is -0.935. The molecule has 0 aromatic carbocycles. The lowest BCUT2D eigenvalue weighted by Gasteiger charge is -1.95. The molecule has 2 heterocycles. The third-order valence-electron chi connectivity index (χ3n) is 1.98. The van der Waals surface area contributed by atoms with Crippen LogP contribution in [-0.2, 0) is 10.5 Å². The zero-order chi connectivity index (χ0) is 12.8. The first-order valence-electron chi connectivity index (χ1n) is 5.12. The van der Waals surface area contributed by atoms with Gasteiger partial charge in [-0.25, -0.2) is 14.8 Å². The molecule has 0 aliphatic rings.